The zero-order chi connectivity index (χ0) is 16.5. The molecule has 3 heterocycles. The maximum absolute atomic E-state index is 12.9. The summed E-state index contributed by atoms with van der Waals surface area (Å²) in [5.74, 6) is 1.66. The summed E-state index contributed by atoms with van der Waals surface area (Å²) in [5.41, 5.74) is 1.59. The topological polar surface area (TPSA) is 60.5 Å². The van der Waals surface area contributed by atoms with E-state index >= 15 is 0 Å². The van der Waals surface area contributed by atoms with E-state index in [2.05, 4.69) is 22.0 Å². The van der Waals surface area contributed by atoms with Crippen LogP contribution in [0.5, 0.6) is 0 Å². The van der Waals surface area contributed by atoms with Gasteiger partial charge in [0.1, 0.15) is 5.76 Å². The molecule has 1 amide bonds. The van der Waals surface area contributed by atoms with E-state index in [1.807, 2.05) is 17.0 Å². The SMILES string of the molecule is COCCC1CN(C(=O)c2cc(C3CC3)on2)Cc2cccn2C1. The lowest BCUT2D eigenvalue weighted by Gasteiger charge is -2.23. The van der Waals surface area contributed by atoms with Gasteiger partial charge in [-0.25, -0.2) is 0 Å². The summed E-state index contributed by atoms with van der Waals surface area (Å²) < 4.78 is 12.8. The lowest BCUT2D eigenvalue weighted by molar-refractivity contribution is 0.0695. The van der Waals surface area contributed by atoms with Gasteiger partial charge in [-0.1, -0.05) is 5.16 Å². The number of methoxy groups -OCH3 is 1. The van der Waals surface area contributed by atoms with Crippen molar-refractivity contribution in [2.24, 2.45) is 5.92 Å². The average molecular weight is 329 g/mol. The van der Waals surface area contributed by atoms with Crippen LogP contribution in [0, 0.1) is 5.92 Å². The molecule has 6 nitrogen and oxygen atoms in total. The summed E-state index contributed by atoms with van der Waals surface area (Å²) in [5, 5.41) is 4.02. The second-order valence-corrected chi connectivity index (χ2v) is 6.87. The largest absolute Gasteiger partial charge is 0.385 e. The number of carbonyl (C=O) groups is 1. The van der Waals surface area contributed by atoms with Crippen molar-refractivity contribution >= 4 is 5.91 Å². The van der Waals surface area contributed by atoms with Gasteiger partial charge in [0, 0.05) is 50.7 Å². The van der Waals surface area contributed by atoms with Crippen LogP contribution in [-0.4, -0.2) is 40.8 Å². The molecular weight excluding hydrogens is 306 g/mol. The highest BCUT2D eigenvalue weighted by molar-refractivity contribution is 5.92. The lowest BCUT2D eigenvalue weighted by atomic mass is 10.1. The van der Waals surface area contributed by atoms with Gasteiger partial charge < -0.3 is 18.7 Å². The Bertz CT molecular complexity index is 717. The summed E-state index contributed by atoms with van der Waals surface area (Å²) in [6, 6.07) is 5.95. The Hall–Kier alpha value is -2.08. The Balaban J connectivity index is 1.54. The van der Waals surface area contributed by atoms with Gasteiger partial charge in [0.15, 0.2) is 5.69 Å². The minimum absolute atomic E-state index is 0.0392. The molecule has 128 valence electrons. The maximum atomic E-state index is 12.9. The van der Waals surface area contributed by atoms with Gasteiger partial charge in [0.2, 0.25) is 0 Å². The fourth-order valence-corrected chi connectivity index (χ4v) is 3.41. The highest BCUT2D eigenvalue weighted by atomic mass is 16.5. The van der Waals surface area contributed by atoms with Crippen LogP contribution in [0.15, 0.2) is 28.9 Å². The molecule has 0 aromatic carbocycles. The molecule has 0 spiro atoms. The van der Waals surface area contributed by atoms with Crippen molar-refractivity contribution in [3.8, 4) is 0 Å². The molecule has 1 aliphatic heterocycles. The van der Waals surface area contributed by atoms with Crippen LogP contribution in [0.4, 0.5) is 0 Å². The molecule has 1 aliphatic carbocycles. The van der Waals surface area contributed by atoms with E-state index < -0.39 is 0 Å². The maximum Gasteiger partial charge on any atom is 0.276 e. The first-order valence-electron chi connectivity index (χ1n) is 8.63. The summed E-state index contributed by atoms with van der Waals surface area (Å²) >= 11 is 0. The molecule has 1 fully saturated rings. The van der Waals surface area contributed by atoms with Crippen LogP contribution in [0.25, 0.3) is 0 Å². The molecule has 2 aromatic rings. The molecule has 0 radical (unpaired) electrons. The summed E-state index contributed by atoms with van der Waals surface area (Å²) in [7, 11) is 1.72. The van der Waals surface area contributed by atoms with Crippen LogP contribution >= 0.6 is 0 Å². The Labute approximate surface area is 141 Å². The third-order valence-electron chi connectivity index (χ3n) is 4.95. The quantitative estimate of drug-likeness (QED) is 0.846. The predicted octanol–water partition coefficient (Wildman–Crippen LogP) is 2.66. The summed E-state index contributed by atoms with van der Waals surface area (Å²) in [6.07, 6.45) is 5.30. The van der Waals surface area contributed by atoms with Gasteiger partial charge in [-0.05, 0) is 37.3 Å². The first-order chi connectivity index (χ1) is 11.7. The highest BCUT2D eigenvalue weighted by Crippen LogP contribution is 2.40. The third kappa shape index (κ3) is 3.11. The molecule has 1 unspecified atom stereocenters. The van der Waals surface area contributed by atoms with E-state index in [0.29, 0.717) is 30.7 Å². The lowest BCUT2D eigenvalue weighted by Crippen LogP contribution is -2.34. The van der Waals surface area contributed by atoms with Gasteiger partial charge in [0.05, 0.1) is 6.54 Å². The van der Waals surface area contributed by atoms with E-state index in [4.69, 9.17) is 9.26 Å². The van der Waals surface area contributed by atoms with Crippen LogP contribution in [-0.2, 0) is 17.8 Å². The molecule has 0 N–H and O–H groups in total. The number of nitrogens with zero attached hydrogens (tertiary/aromatic N) is 3. The van der Waals surface area contributed by atoms with Crippen LogP contribution in [0.1, 0.15) is 47.1 Å². The fourth-order valence-electron chi connectivity index (χ4n) is 3.41. The summed E-state index contributed by atoms with van der Waals surface area (Å²) in [6.45, 7) is 2.96. The molecule has 0 saturated heterocycles. The summed E-state index contributed by atoms with van der Waals surface area (Å²) in [4.78, 5) is 14.8. The first kappa shape index (κ1) is 15.4. The number of rotatable bonds is 5. The second kappa shape index (κ2) is 6.43. The first-order valence-corrected chi connectivity index (χ1v) is 8.63. The third-order valence-corrected chi connectivity index (χ3v) is 4.95. The van der Waals surface area contributed by atoms with Crippen molar-refractivity contribution in [3.05, 3.63) is 41.5 Å². The van der Waals surface area contributed by atoms with Crippen molar-refractivity contribution in [2.75, 3.05) is 20.3 Å². The number of aromatic nitrogens is 2. The zero-order valence-corrected chi connectivity index (χ0v) is 14.0. The monoisotopic (exact) mass is 329 g/mol. The van der Waals surface area contributed by atoms with Crippen molar-refractivity contribution in [2.45, 2.75) is 38.3 Å². The van der Waals surface area contributed by atoms with Gasteiger partial charge >= 0.3 is 0 Å². The highest BCUT2D eigenvalue weighted by Gasteiger charge is 2.31. The Morgan fingerprint density at radius 3 is 3.08 bits per heavy atom. The molecule has 1 saturated carbocycles. The molecule has 24 heavy (non-hydrogen) atoms. The van der Waals surface area contributed by atoms with E-state index in [0.717, 1.165) is 43.8 Å². The van der Waals surface area contributed by atoms with Crippen LogP contribution in [0.2, 0.25) is 0 Å². The molecular formula is C18H23N3O3. The van der Waals surface area contributed by atoms with Crippen molar-refractivity contribution in [3.63, 3.8) is 0 Å². The second-order valence-electron chi connectivity index (χ2n) is 6.87. The van der Waals surface area contributed by atoms with Crippen LogP contribution in [0.3, 0.4) is 0 Å². The van der Waals surface area contributed by atoms with Crippen molar-refractivity contribution in [1.29, 1.82) is 0 Å². The number of carbonyl (C=O) groups excluding carboxylic acids is 1. The van der Waals surface area contributed by atoms with Gasteiger partial charge in [-0.15, -0.1) is 0 Å². The normalized spacial score (nSPS) is 20.7. The Kier molecular flexibility index (Phi) is 4.14. The standard InChI is InChI=1S/C18H23N3O3/c1-23-8-6-13-10-20-7-2-3-15(20)12-21(11-13)18(22)16-9-17(24-19-16)14-4-5-14/h2-3,7,9,13-14H,4-6,8,10-12H2,1H3. The van der Waals surface area contributed by atoms with E-state index in [1.165, 1.54) is 0 Å². The molecule has 0 bridgehead atoms. The molecule has 4 rings (SSSR count). The van der Waals surface area contributed by atoms with Gasteiger partial charge in [-0.2, -0.15) is 0 Å². The Morgan fingerprint density at radius 2 is 2.29 bits per heavy atom. The van der Waals surface area contributed by atoms with E-state index in [9.17, 15) is 4.79 Å². The van der Waals surface area contributed by atoms with E-state index in [-0.39, 0.29) is 5.91 Å². The number of amides is 1. The number of hydrogen-bond acceptors (Lipinski definition) is 4. The molecule has 2 aliphatic rings. The minimum atomic E-state index is -0.0392. The van der Waals surface area contributed by atoms with Crippen LogP contribution < -0.4 is 0 Å². The molecule has 6 heteroatoms. The smallest absolute Gasteiger partial charge is 0.276 e. The number of hydrogen-bond donors (Lipinski definition) is 0. The minimum Gasteiger partial charge on any atom is -0.385 e. The Morgan fingerprint density at radius 1 is 1.42 bits per heavy atom. The van der Waals surface area contributed by atoms with Crippen molar-refractivity contribution in [1.82, 2.24) is 14.6 Å². The van der Waals surface area contributed by atoms with Crippen molar-refractivity contribution < 1.29 is 14.1 Å². The van der Waals surface area contributed by atoms with Gasteiger partial charge in [-0.3, -0.25) is 4.79 Å². The fraction of sp³-hybridized carbons (Fsp3) is 0.556. The average Bonchev–Trinajstić information content (AvgIpc) is 3.22. The molecule has 1 atom stereocenters. The number of fused-ring (bicyclic) bond motifs is 1. The zero-order valence-electron chi connectivity index (χ0n) is 14.0. The van der Waals surface area contributed by atoms with Gasteiger partial charge in [0.25, 0.3) is 5.91 Å². The predicted molar refractivity (Wildman–Crippen MR) is 87.6 cm³/mol. The van der Waals surface area contributed by atoms with E-state index in [1.54, 1.807) is 7.11 Å². The number of ether oxygens (including phenoxy) is 1. The molecule has 2 aromatic heterocycles.